The van der Waals surface area contributed by atoms with Crippen LogP contribution in [0.25, 0.3) is 0 Å². The first-order valence-corrected chi connectivity index (χ1v) is 10.0. The molecule has 1 rings (SSSR count). The van der Waals surface area contributed by atoms with Crippen molar-refractivity contribution in [1.29, 1.82) is 0 Å². The summed E-state index contributed by atoms with van der Waals surface area (Å²) in [4.78, 5) is 48.3. The third-order valence-corrected chi connectivity index (χ3v) is 4.89. The third kappa shape index (κ3) is 9.07. The van der Waals surface area contributed by atoms with E-state index in [1.807, 2.05) is 7.05 Å². The van der Waals surface area contributed by atoms with E-state index in [4.69, 9.17) is 4.74 Å². The Kier molecular flexibility index (Phi) is 10.1. The minimum Gasteiger partial charge on any atom is -0.455 e. The van der Waals surface area contributed by atoms with E-state index >= 15 is 0 Å². The summed E-state index contributed by atoms with van der Waals surface area (Å²) >= 11 is 1.16. The van der Waals surface area contributed by atoms with Gasteiger partial charge in [-0.1, -0.05) is 19.3 Å². The molecule has 26 heavy (non-hydrogen) atoms. The number of esters is 1. The van der Waals surface area contributed by atoms with Crippen LogP contribution >= 0.6 is 11.8 Å². The first-order chi connectivity index (χ1) is 12.3. The first kappa shape index (κ1) is 22.3. The van der Waals surface area contributed by atoms with Gasteiger partial charge in [0, 0.05) is 19.1 Å². The number of imide groups is 1. The monoisotopic (exact) mass is 387 g/mol. The number of hydrogen-bond donors (Lipinski definition) is 2. The molecule has 8 nitrogen and oxygen atoms in total. The molecule has 1 aliphatic rings. The summed E-state index contributed by atoms with van der Waals surface area (Å²) in [6.45, 7) is 2.99. The lowest BCUT2D eigenvalue weighted by atomic mass is 9.94. The Morgan fingerprint density at radius 1 is 1.12 bits per heavy atom. The molecule has 0 aromatic rings. The van der Waals surface area contributed by atoms with Crippen molar-refractivity contribution >= 4 is 35.6 Å². The first-order valence-electron chi connectivity index (χ1n) is 8.89. The lowest BCUT2D eigenvalue weighted by Crippen LogP contribution is -2.44. The SMILES string of the molecule is CC(C)NC(=O)NC(=O)COC(=O)CSCC(=O)N(C)C1CCCCC1. The number of thioether (sulfide) groups is 1. The van der Waals surface area contributed by atoms with Crippen LogP contribution in [-0.2, 0) is 19.1 Å². The smallest absolute Gasteiger partial charge is 0.321 e. The quantitative estimate of drug-likeness (QED) is 0.608. The molecule has 0 aromatic heterocycles. The summed E-state index contributed by atoms with van der Waals surface area (Å²) < 4.78 is 4.79. The Balaban J connectivity index is 2.16. The molecule has 0 bridgehead atoms. The van der Waals surface area contributed by atoms with Crippen LogP contribution in [0.2, 0.25) is 0 Å². The Hall–Kier alpha value is -1.77. The fourth-order valence-corrected chi connectivity index (χ4v) is 3.37. The summed E-state index contributed by atoms with van der Waals surface area (Å²) in [5.41, 5.74) is 0. The molecule has 1 saturated carbocycles. The van der Waals surface area contributed by atoms with Crippen molar-refractivity contribution in [3.05, 3.63) is 0 Å². The van der Waals surface area contributed by atoms with Crippen LogP contribution in [0.15, 0.2) is 0 Å². The minimum absolute atomic E-state index is 0.00204. The van der Waals surface area contributed by atoms with Gasteiger partial charge in [0.1, 0.15) is 0 Å². The highest BCUT2D eigenvalue weighted by Gasteiger charge is 2.22. The maximum absolute atomic E-state index is 12.1. The largest absolute Gasteiger partial charge is 0.455 e. The van der Waals surface area contributed by atoms with E-state index < -0.39 is 24.5 Å². The summed E-state index contributed by atoms with van der Waals surface area (Å²) in [5.74, 6) is -1.11. The molecule has 2 N–H and O–H groups in total. The van der Waals surface area contributed by atoms with Crippen molar-refractivity contribution in [2.75, 3.05) is 25.2 Å². The highest BCUT2D eigenvalue weighted by atomic mass is 32.2. The highest BCUT2D eigenvalue weighted by molar-refractivity contribution is 8.00. The van der Waals surface area contributed by atoms with Gasteiger partial charge in [0.05, 0.1) is 11.5 Å². The summed E-state index contributed by atoms with van der Waals surface area (Å²) in [6.07, 6.45) is 5.60. The van der Waals surface area contributed by atoms with Crippen LogP contribution in [0.1, 0.15) is 46.0 Å². The summed E-state index contributed by atoms with van der Waals surface area (Å²) in [7, 11) is 1.81. The van der Waals surface area contributed by atoms with Crippen LogP contribution in [-0.4, -0.2) is 66.0 Å². The number of carbonyl (C=O) groups is 4. The van der Waals surface area contributed by atoms with Gasteiger partial charge in [-0.05, 0) is 26.7 Å². The van der Waals surface area contributed by atoms with Crippen molar-refractivity contribution in [3.8, 4) is 0 Å². The third-order valence-electron chi connectivity index (χ3n) is 4.00. The molecule has 9 heteroatoms. The summed E-state index contributed by atoms with van der Waals surface area (Å²) in [6, 6.07) is -0.442. The van der Waals surface area contributed by atoms with E-state index in [0.717, 1.165) is 37.4 Å². The van der Waals surface area contributed by atoms with Gasteiger partial charge in [0.15, 0.2) is 6.61 Å². The van der Waals surface area contributed by atoms with Crippen molar-refractivity contribution in [2.45, 2.75) is 58.0 Å². The second kappa shape index (κ2) is 11.8. The average molecular weight is 388 g/mol. The zero-order chi connectivity index (χ0) is 19.5. The predicted octanol–water partition coefficient (Wildman–Crippen LogP) is 1.29. The second-order valence-corrected chi connectivity index (χ2v) is 7.61. The zero-order valence-corrected chi connectivity index (χ0v) is 16.5. The highest BCUT2D eigenvalue weighted by Crippen LogP contribution is 2.22. The lowest BCUT2D eigenvalue weighted by Gasteiger charge is -2.31. The minimum atomic E-state index is -0.699. The fourth-order valence-electron chi connectivity index (χ4n) is 2.64. The van der Waals surface area contributed by atoms with Crippen LogP contribution in [0.3, 0.4) is 0 Å². The van der Waals surface area contributed by atoms with E-state index in [0.29, 0.717) is 6.04 Å². The normalized spacial score (nSPS) is 14.6. The van der Waals surface area contributed by atoms with Crippen molar-refractivity contribution in [2.24, 2.45) is 0 Å². The van der Waals surface area contributed by atoms with E-state index in [1.165, 1.54) is 6.42 Å². The number of carbonyl (C=O) groups excluding carboxylic acids is 4. The number of nitrogens with zero attached hydrogens (tertiary/aromatic N) is 1. The van der Waals surface area contributed by atoms with E-state index in [-0.39, 0.29) is 23.5 Å². The molecular formula is C17H29N3O5S. The maximum atomic E-state index is 12.1. The van der Waals surface area contributed by atoms with Gasteiger partial charge in [-0.15, -0.1) is 11.8 Å². The van der Waals surface area contributed by atoms with E-state index in [1.54, 1.807) is 18.7 Å². The number of urea groups is 1. The molecule has 0 spiro atoms. The average Bonchev–Trinajstić information content (AvgIpc) is 2.59. The van der Waals surface area contributed by atoms with Crippen molar-refractivity contribution < 1.29 is 23.9 Å². The van der Waals surface area contributed by atoms with E-state index in [9.17, 15) is 19.2 Å². The number of amides is 4. The zero-order valence-electron chi connectivity index (χ0n) is 15.7. The van der Waals surface area contributed by atoms with Crippen molar-refractivity contribution in [3.63, 3.8) is 0 Å². The maximum Gasteiger partial charge on any atom is 0.321 e. The molecule has 0 aromatic carbocycles. The van der Waals surface area contributed by atoms with Crippen LogP contribution in [0, 0.1) is 0 Å². The van der Waals surface area contributed by atoms with Gasteiger partial charge in [-0.2, -0.15) is 0 Å². The molecule has 148 valence electrons. The van der Waals surface area contributed by atoms with Gasteiger partial charge >= 0.3 is 12.0 Å². The van der Waals surface area contributed by atoms with Gasteiger partial charge in [-0.25, -0.2) is 4.79 Å². The van der Waals surface area contributed by atoms with Crippen LogP contribution in [0.4, 0.5) is 4.79 Å². The van der Waals surface area contributed by atoms with Gasteiger partial charge in [0.2, 0.25) is 5.91 Å². The lowest BCUT2D eigenvalue weighted by molar-refractivity contribution is -0.145. The second-order valence-electron chi connectivity index (χ2n) is 6.63. The number of nitrogens with one attached hydrogen (secondary N) is 2. The number of hydrogen-bond acceptors (Lipinski definition) is 6. The van der Waals surface area contributed by atoms with Crippen molar-refractivity contribution in [1.82, 2.24) is 15.5 Å². The predicted molar refractivity (Wildman–Crippen MR) is 99.7 cm³/mol. The van der Waals surface area contributed by atoms with E-state index in [2.05, 4.69) is 10.6 Å². The molecule has 0 saturated heterocycles. The molecule has 4 amide bonds. The van der Waals surface area contributed by atoms with Crippen LogP contribution in [0.5, 0.6) is 0 Å². The molecule has 0 unspecified atom stereocenters. The van der Waals surface area contributed by atoms with Crippen LogP contribution < -0.4 is 10.6 Å². The van der Waals surface area contributed by atoms with Gasteiger partial charge in [-0.3, -0.25) is 19.7 Å². The molecule has 0 heterocycles. The molecule has 1 aliphatic carbocycles. The Bertz CT molecular complexity index is 507. The molecule has 1 fully saturated rings. The Morgan fingerprint density at radius 3 is 2.38 bits per heavy atom. The standard InChI is InChI=1S/C17H29N3O5S/c1-12(2)18-17(24)19-14(21)9-25-16(23)11-26-10-15(22)20(3)13-7-5-4-6-8-13/h12-13H,4-11H2,1-3H3,(H2,18,19,21,24). The molecule has 0 atom stereocenters. The molecular weight excluding hydrogens is 358 g/mol. The summed E-state index contributed by atoms with van der Waals surface area (Å²) in [5, 5.41) is 4.55. The topological polar surface area (TPSA) is 105 Å². The van der Waals surface area contributed by atoms with Gasteiger partial charge in [0.25, 0.3) is 5.91 Å². The van der Waals surface area contributed by atoms with Gasteiger partial charge < -0.3 is 15.0 Å². The molecule has 0 aliphatic heterocycles. The Labute approximate surface area is 158 Å². The fraction of sp³-hybridized carbons (Fsp3) is 0.765. The number of ether oxygens (including phenoxy) is 1. The number of rotatable bonds is 8. The Morgan fingerprint density at radius 2 is 1.77 bits per heavy atom. The molecule has 0 radical (unpaired) electrons.